The van der Waals surface area contributed by atoms with Crippen LogP contribution in [0.15, 0.2) is 12.4 Å². The Morgan fingerprint density at radius 1 is 1.56 bits per heavy atom. The predicted molar refractivity (Wildman–Crippen MR) is 78.1 cm³/mol. The highest BCUT2D eigenvalue weighted by molar-refractivity contribution is 7.99. The molecule has 0 aliphatic carbocycles. The molecule has 1 aliphatic rings. The molecule has 0 bridgehead atoms. The normalized spacial score (nSPS) is 23.2. The largest absolute Gasteiger partial charge is 0.338 e. The molecule has 0 spiro atoms. The smallest absolute Gasteiger partial charge is 0.108 e. The van der Waals surface area contributed by atoms with Gasteiger partial charge in [0.1, 0.15) is 5.82 Å². The van der Waals surface area contributed by atoms with Crippen LogP contribution >= 0.6 is 11.8 Å². The molecule has 1 aromatic heterocycles. The van der Waals surface area contributed by atoms with Gasteiger partial charge in [0.25, 0.3) is 0 Å². The van der Waals surface area contributed by atoms with Crippen molar-refractivity contribution < 1.29 is 0 Å². The molecular formula is C13H24N4S. The maximum Gasteiger partial charge on any atom is 0.108 e. The van der Waals surface area contributed by atoms with Gasteiger partial charge in [-0.05, 0) is 20.5 Å². The topological polar surface area (TPSA) is 33.1 Å². The molecule has 102 valence electrons. The lowest BCUT2D eigenvalue weighted by atomic mass is 10.0. The van der Waals surface area contributed by atoms with Gasteiger partial charge in [-0.3, -0.25) is 0 Å². The van der Waals surface area contributed by atoms with E-state index in [-0.39, 0.29) is 0 Å². The molecule has 5 heteroatoms. The number of hydrogen-bond donors (Lipinski definition) is 1. The van der Waals surface area contributed by atoms with Crippen molar-refractivity contribution >= 4 is 11.8 Å². The number of thioether (sulfide) groups is 1. The van der Waals surface area contributed by atoms with Crippen molar-refractivity contribution in [2.24, 2.45) is 7.05 Å². The van der Waals surface area contributed by atoms with Crippen LogP contribution in [0.3, 0.4) is 0 Å². The molecule has 1 aliphatic heterocycles. The Bertz CT molecular complexity index is 366. The molecule has 2 heterocycles. The van der Waals surface area contributed by atoms with E-state index >= 15 is 0 Å². The van der Waals surface area contributed by atoms with Crippen molar-refractivity contribution in [3.05, 3.63) is 18.2 Å². The number of nitrogens with one attached hydrogen (secondary N) is 1. The van der Waals surface area contributed by atoms with Gasteiger partial charge in [0.15, 0.2) is 0 Å². The summed E-state index contributed by atoms with van der Waals surface area (Å²) in [5.41, 5.74) is 0. The Hall–Kier alpha value is -0.520. The lowest BCUT2D eigenvalue weighted by Gasteiger charge is -2.37. The molecular weight excluding hydrogens is 244 g/mol. The first-order chi connectivity index (χ1) is 8.72. The summed E-state index contributed by atoms with van der Waals surface area (Å²) in [5, 5.41) is 3.49. The molecule has 1 aromatic rings. The second kappa shape index (κ2) is 6.59. The molecule has 0 amide bonds. The van der Waals surface area contributed by atoms with Crippen LogP contribution in [0.4, 0.5) is 0 Å². The second-order valence-corrected chi connectivity index (χ2v) is 6.16. The highest BCUT2D eigenvalue weighted by Gasteiger charge is 2.26. The standard InChI is InChI=1S/C13H24N4S/c1-14-11(12-10-18-9-8-16(12)2)4-5-13-15-6-7-17(13)3/h6-7,11-12,14H,4-5,8-10H2,1-3H3. The van der Waals surface area contributed by atoms with E-state index in [0.717, 1.165) is 12.8 Å². The SMILES string of the molecule is CNC(CCc1nccn1C)C1CSCCN1C. The summed E-state index contributed by atoms with van der Waals surface area (Å²) in [4.78, 5) is 6.90. The molecule has 18 heavy (non-hydrogen) atoms. The fourth-order valence-electron chi connectivity index (χ4n) is 2.58. The summed E-state index contributed by atoms with van der Waals surface area (Å²) >= 11 is 2.07. The monoisotopic (exact) mass is 268 g/mol. The molecule has 1 fully saturated rings. The van der Waals surface area contributed by atoms with Gasteiger partial charge in [-0.1, -0.05) is 0 Å². The number of hydrogen-bond acceptors (Lipinski definition) is 4. The van der Waals surface area contributed by atoms with Gasteiger partial charge in [-0.15, -0.1) is 0 Å². The number of aromatic nitrogens is 2. The maximum atomic E-state index is 4.40. The first kappa shape index (κ1) is 13.9. The Balaban J connectivity index is 1.90. The summed E-state index contributed by atoms with van der Waals surface area (Å²) in [7, 11) is 6.39. The van der Waals surface area contributed by atoms with Crippen molar-refractivity contribution in [3.63, 3.8) is 0 Å². The Morgan fingerprint density at radius 3 is 3.00 bits per heavy atom. The van der Waals surface area contributed by atoms with Gasteiger partial charge >= 0.3 is 0 Å². The zero-order valence-corrected chi connectivity index (χ0v) is 12.4. The molecule has 1 N–H and O–H groups in total. The van der Waals surface area contributed by atoms with E-state index < -0.39 is 0 Å². The fourth-order valence-corrected chi connectivity index (χ4v) is 3.89. The molecule has 2 rings (SSSR count). The average molecular weight is 268 g/mol. The number of nitrogens with zero attached hydrogens (tertiary/aromatic N) is 3. The van der Waals surface area contributed by atoms with Crippen LogP contribution < -0.4 is 5.32 Å². The molecule has 2 unspecified atom stereocenters. The first-order valence-electron chi connectivity index (χ1n) is 6.64. The lowest BCUT2D eigenvalue weighted by molar-refractivity contribution is 0.213. The van der Waals surface area contributed by atoms with E-state index in [0.29, 0.717) is 12.1 Å². The highest BCUT2D eigenvalue weighted by Crippen LogP contribution is 2.19. The van der Waals surface area contributed by atoms with Gasteiger partial charge in [-0.25, -0.2) is 4.98 Å². The van der Waals surface area contributed by atoms with Gasteiger partial charge < -0.3 is 14.8 Å². The number of aryl methyl sites for hydroxylation is 2. The van der Waals surface area contributed by atoms with Gasteiger partial charge in [0.05, 0.1) is 0 Å². The Labute approximate surface area is 114 Å². The van der Waals surface area contributed by atoms with E-state index in [1.165, 1.54) is 23.9 Å². The zero-order valence-electron chi connectivity index (χ0n) is 11.6. The Kier molecular flexibility index (Phi) is 5.09. The van der Waals surface area contributed by atoms with E-state index in [1.54, 1.807) is 0 Å². The van der Waals surface area contributed by atoms with Crippen molar-refractivity contribution in [2.45, 2.75) is 24.9 Å². The van der Waals surface area contributed by atoms with Gasteiger partial charge in [-0.2, -0.15) is 11.8 Å². The second-order valence-electron chi connectivity index (χ2n) is 5.01. The zero-order chi connectivity index (χ0) is 13.0. The first-order valence-corrected chi connectivity index (χ1v) is 7.79. The fraction of sp³-hybridized carbons (Fsp3) is 0.769. The number of imidazole rings is 1. The molecule has 2 atom stereocenters. The van der Waals surface area contributed by atoms with Crippen LogP contribution in [-0.2, 0) is 13.5 Å². The van der Waals surface area contributed by atoms with E-state index in [2.05, 4.69) is 52.7 Å². The third-order valence-electron chi connectivity index (χ3n) is 3.88. The summed E-state index contributed by atoms with van der Waals surface area (Å²) in [6.07, 6.45) is 6.10. The van der Waals surface area contributed by atoms with Crippen LogP contribution in [0.25, 0.3) is 0 Å². The van der Waals surface area contributed by atoms with Crippen LogP contribution in [0.1, 0.15) is 12.2 Å². The highest BCUT2D eigenvalue weighted by atomic mass is 32.2. The molecule has 0 saturated carbocycles. The van der Waals surface area contributed by atoms with Crippen LogP contribution in [0, 0.1) is 0 Å². The van der Waals surface area contributed by atoms with E-state index in [4.69, 9.17) is 0 Å². The van der Waals surface area contributed by atoms with Crippen molar-refractivity contribution in [3.8, 4) is 0 Å². The third-order valence-corrected chi connectivity index (χ3v) is 4.93. The molecule has 0 radical (unpaired) electrons. The molecule has 4 nitrogen and oxygen atoms in total. The van der Waals surface area contributed by atoms with Crippen molar-refractivity contribution in [1.82, 2.24) is 19.8 Å². The quantitative estimate of drug-likeness (QED) is 0.863. The van der Waals surface area contributed by atoms with Crippen LogP contribution in [-0.4, -0.2) is 58.7 Å². The molecule has 0 aromatic carbocycles. The van der Waals surface area contributed by atoms with Crippen molar-refractivity contribution in [2.75, 3.05) is 32.1 Å². The number of rotatable bonds is 5. The predicted octanol–water partition coefficient (Wildman–Crippen LogP) is 0.988. The summed E-state index contributed by atoms with van der Waals surface area (Å²) < 4.78 is 2.12. The minimum Gasteiger partial charge on any atom is -0.338 e. The minimum atomic E-state index is 0.555. The number of likely N-dealkylation sites (N-methyl/N-ethyl adjacent to an activating group) is 2. The molecule has 1 saturated heterocycles. The summed E-state index contributed by atoms with van der Waals surface area (Å²) in [6, 6.07) is 1.20. The summed E-state index contributed by atoms with van der Waals surface area (Å²) in [5.74, 6) is 3.69. The van der Waals surface area contributed by atoms with Crippen molar-refractivity contribution in [1.29, 1.82) is 0 Å². The maximum absolute atomic E-state index is 4.40. The average Bonchev–Trinajstić information content (AvgIpc) is 2.78. The van der Waals surface area contributed by atoms with Crippen LogP contribution in [0.2, 0.25) is 0 Å². The third kappa shape index (κ3) is 3.28. The Morgan fingerprint density at radius 2 is 2.39 bits per heavy atom. The van der Waals surface area contributed by atoms with Crippen LogP contribution in [0.5, 0.6) is 0 Å². The summed E-state index contributed by atoms with van der Waals surface area (Å²) in [6.45, 7) is 1.20. The lowest BCUT2D eigenvalue weighted by Crippen LogP contribution is -2.52. The minimum absolute atomic E-state index is 0.555. The van der Waals surface area contributed by atoms with Gasteiger partial charge in [0, 0.05) is 56.0 Å². The van der Waals surface area contributed by atoms with E-state index in [9.17, 15) is 0 Å². The van der Waals surface area contributed by atoms with E-state index in [1.807, 2.05) is 12.4 Å². The van der Waals surface area contributed by atoms with Gasteiger partial charge in [0.2, 0.25) is 0 Å².